The number of hydrogen-bond acceptors (Lipinski definition) is 4. The highest BCUT2D eigenvalue weighted by Gasteiger charge is 2.11. The van der Waals surface area contributed by atoms with E-state index >= 15 is 0 Å². The molecule has 2 aromatic rings. The number of carbonyl (C=O) groups is 1. The SMILES string of the molecule is N#C/C(=C\c1ccc(Br)s1)C(=O)Nc1ccc(SC(F)F)cc1. The van der Waals surface area contributed by atoms with Gasteiger partial charge in [-0.15, -0.1) is 11.3 Å². The molecule has 0 aliphatic carbocycles. The highest BCUT2D eigenvalue weighted by atomic mass is 79.9. The molecule has 1 amide bonds. The van der Waals surface area contributed by atoms with Crippen LogP contribution in [-0.2, 0) is 4.79 Å². The Labute approximate surface area is 148 Å². The summed E-state index contributed by atoms with van der Waals surface area (Å²) in [5, 5.41) is 11.7. The van der Waals surface area contributed by atoms with Gasteiger partial charge in [-0.1, -0.05) is 11.8 Å². The Morgan fingerprint density at radius 2 is 2.00 bits per heavy atom. The minimum Gasteiger partial charge on any atom is -0.321 e. The number of benzene rings is 1. The van der Waals surface area contributed by atoms with E-state index in [4.69, 9.17) is 5.26 Å². The topological polar surface area (TPSA) is 52.9 Å². The summed E-state index contributed by atoms with van der Waals surface area (Å²) in [4.78, 5) is 13.3. The van der Waals surface area contributed by atoms with E-state index in [9.17, 15) is 13.6 Å². The first-order valence-corrected chi connectivity index (χ1v) is 8.70. The van der Waals surface area contributed by atoms with E-state index in [0.29, 0.717) is 22.3 Å². The van der Waals surface area contributed by atoms with E-state index in [2.05, 4.69) is 21.2 Å². The van der Waals surface area contributed by atoms with Gasteiger partial charge in [-0.05, 0) is 58.4 Å². The lowest BCUT2D eigenvalue weighted by Crippen LogP contribution is -2.13. The average molecular weight is 415 g/mol. The second-order valence-electron chi connectivity index (χ2n) is 4.17. The second-order valence-corrected chi connectivity index (χ2v) is 7.73. The number of rotatable bonds is 5. The van der Waals surface area contributed by atoms with Crippen molar-refractivity contribution in [3.05, 3.63) is 50.6 Å². The lowest BCUT2D eigenvalue weighted by Gasteiger charge is -2.05. The number of carbonyl (C=O) groups excluding carboxylic acids is 1. The van der Waals surface area contributed by atoms with Crippen molar-refractivity contribution in [3.8, 4) is 6.07 Å². The van der Waals surface area contributed by atoms with Crippen LogP contribution in [0.2, 0.25) is 0 Å². The average Bonchev–Trinajstić information content (AvgIpc) is 2.91. The minimum atomic E-state index is -2.49. The van der Waals surface area contributed by atoms with Gasteiger partial charge >= 0.3 is 0 Å². The molecule has 0 saturated carbocycles. The Kier molecular flexibility index (Phi) is 6.33. The van der Waals surface area contributed by atoms with Gasteiger partial charge in [-0.2, -0.15) is 14.0 Å². The predicted molar refractivity (Wildman–Crippen MR) is 92.5 cm³/mol. The number of amides is 1. The maximum absolute atomic E-state index is 12.2. The summed E-state index contributed by atoms with van der Waals surface area (Å²) in [6.07, 6.45) is 1.49. The standard InChI is InChI=1S/C15H9BrF2N2OS2/c16-13-6-5-12(22-13)7-9(8-19)14(21)20-10-1-3-11(4-2-10)23-15(17)18/h1-7,15H,(H,20,21)/b9-7+. The highest BCUT2D eigenvalue weighted by molar-refractivity contribution is 9.11. The number of thioether (sulfide) groups is 1. The van der Waals surface area contributed by atoms with Crippen molar-refractivity contribution in [2.75, 3.05) is 5.32 Å². The smallest absolute Gasteiger partial charge is 0.288 e. The van der Waals surface area contributed by atoms with Crippen LogP contribution in [0.25, 0.3) is 6.08 Å². The van der Waals surface area contributed by atoms with Gasteiger partial charge in [0.2, 0.25) is 0 Å². The van der Waals surface area contributed by atoms with Crippen LogP contribution in [0.5, 0.6) is 0 Å². The number of alkyl halides is 2. The number of thiophene rings is 1. The van der Waals surface area contributed by atoms with E-state index in [1.165, 1.54) is 41.7 Å². The van der Waals surface area contributed by atoms with Gasteiger partial charge < -0.3 is 5.32 Å². The summed E-state index contributed by atoms with van der Waals surface area (Å²) in [5.41, 5.74) is 0.396. The lowest BCUT2D eigenvalue weighted by molar-refractivity contribution is -0.112. The molecule has 0 bridgehead atoms. The first-order chi connectivity index (χ1) is 11.0. The molecule has 118 valence electrons. The first-order valence-electron chi connectivity index (χ1n) is 6.21. The minimum absolute atomic E-state index is 0.0367. The normalized spacial score (nSPS) is 11.3. The summed E-state index contributed by atoms with van der Waals surface area (Å²) >= 11 is 5.14. The molecule has 0 aliphatic heterocycles. The summed E-state index contributed by atoms with van der Waals surface area (Å²) < 4.78 is 25.4. The summed E-state index contributed by atoms with van der Waals surface area (Å²) in [7, 11) is 0. The van der Waals surface area contributed by atoms with Gasteiger partial charge in [0.05, 0.1) is 3.79 Å². The molecular formula is C15H9BrF2N2OS2. The molecular weight excluding hydrogens is 406 g/mol. The van der Waals surface area contributed by atoms with E-state index < -0.39 is 11.7 Å². The fourth-order valence-electron chi connectivity index (χ4n) is 1.61. The zero-order chi connectivity index (χ0) is 16.8. The van der Waals surface area contributed by atoms with E-state index in [1.54, 1.807) is 6.07 Å². The molecule has 0 fully saturated rings. The van der Waals surface area contributed by atoms with Crippen LogP contribution in [0.1, 0.15) is 4.88 Å². The Hall–Kier alpha value is -1.69. The lowest BCUT2D eigenvalue weighted by atomic mass is 10.2. The fraction of sp³-hybridized carbons (Fsp3) is 0.0667. The molecule has 3 nitrogen and oxygen atoms in total. The molecule has 0 unspecified atom stereocenters. The molecule has 1 aromatic carbocycles. The largest absolute Gasteiger partial charge is 0.321 e. The van der Waals surface area contributed by atoms with Gasteiger partial charge in [-0.25, -0.2) is 0 Å². The predicted octanol–water partition coefficient (Wildman–Crippen LogP) is 5.37. The van der Waals surface area contributed by atoms with Crippen molar-refractivity contribution >= 4 is 56.7 Å². The molecule has 1 heterocycles. The van der Waals surface area contributed by atoms with Gasteiger partial charge in [0.15, 0.2) is 0 Å². The molecule has 1 N–H and O–H groups in total. The van der Waals surface area contributed by atoms with Crippen molar-refractivity contribution in [2.24, 2.45) is 0 Å². The van der Waals surface area contributed by atoms with Crippen molar-refractivity contribution in [3.63, 3.8) is 0 Å². The van der Waals surface area contributed by atoms with Crippen LogP contribution >= 0.6 is 39.0 Å². The molecule has 8 heteroatoms. The quantitative estimate of drug-likeness (QED) is 0.406. The number of nitrogens with zero attached hydrogens (tertiary/aromatic N) is 1. The molecule has 0 saturated heterocycles. The molecule has 0 radical (unpaired) electrons. The number of halogens is 3. The molecule has 0 spiro atoms. The third-order valence-corrected chi connectivity index (χ3v) is 4.88. The number of hydrogen-bond donors (Lipinski definition) is 1. The number of nitrogens with one attached hydrogen (secondary N) is 1. The number of anilines is 1. The Bertz CT molecular complexity index is 767. The molecule has 0 atom stereocenters. The summed E-state index contributed by atoms with van der Waals surface area (Å²) in [6.45, 7) is 0. The second kappa shape index (κ2) is 8.24. The summed E-state index contributed by atoms with van der Waals surface area (Å²) in [6, 6.07) is 11.5. The van der Waals surface area contributed by atoms with Crippen molar-refractivity contribution in [2.45, 2.75) is 10.7 Å². The van der Waals surface area contributed by atoms with E-state index in [0.717, 1.165) is 8.66 Å². The van der Waals surface area contributed by atoms with Crippen LogP contribution in [0.4, 0.5) is 14.5 Å². The third kappa shape index (κ3) is 5.46. The number of nitriles is 1. The Morgan fingerprint density at radius 1 is 1.30 bits per heavy atom. The fourth-order valence-corrected chi connectivity index (χ4v) is 3.48. The van der Waals surface area contributed by atoms with Crippen LogP contribution in [0, 0.1) is 11.3 Å². The van der Waals surface area contributed by atoms with E-state index in [-0.39, 0.29) is 5.57 Å². The van der Waals surface area contributed by atoms with Crippen molar-refractivity contribution in [1.82, 2.24) is 0 Å². The third-order valence-electron chi connectivity index (χ3n) is 2.58. The van der Waals surface area contributed by atoms with Gasteiger partial charge in [0.25, 0.3) is 11.7 Å². The van der Waals surface area contributed by atoms with Crippen LogP contribution < -0.4 is 5.32 Å². The van der Waals surface area contributed by atoms with Gasteiger partial charge in [0, 0.05) is 15.5 Å². The molecule has 0 aliphatic rings. The maximum atomic E-state index is 12.2. The molecule has 1 aromatic heterocycles. The zero-order valence-corrected chi connectivity index (χ0v) is 14.6. The maximum Gasteiger partial charge on any atom is 0.288 e. The molecule has 23 heavy (non-hydrogen) atoms. The van der Waals surface area contributed by atoms with Crippen LogP contribution in [0.15, 0.2) is 50.7 Å². The van der Waals surface area contributed by atoms with Crippen molar-refractivity contribution in [1.29, 1.82) is 5.26 Å². The zero-order valence-electron chi connectivity index (χ0n) is 11.4. The van der Waals surface area contributed by atoms with Gasteiger partial charge in [-0.3, -0.25) is 4.79 Å². The first kappa shape index (κ1) is 17.7. The van der Waals surface area contributed by atoms with Gasteiger partial charge in [0.1, 0.15) is 11.6 Å². The van der Waals surface area contributed by atoms with E-state index in [1.807, 2.05) is 12.1 Å². The van der Waals surface area contributed by atoms with Crippen molar-refractivity contribution < 1.29 is 13.6 Å². The monoisotopic (exact) mass is 414 g/mol. The Morgan fingerprint density at radius 3 is 2.52 bits per heavy atom. The Balaban J connectivity index is 2.08. The van der Waals surface area contributed by atoms with Crippen LogP contribution in [0.3, 0.4) is 0 Å². The summed E-state index contributed by atoms with van der Waals surface area (Å²) in [5.74, 6) is -3.04. The van der Waals surface area contributed by atoms with Crippen LogP contribution in [-0.4, -0.2) is 11.7 Å². The highest BCUT2D eigenvalue weighted by Crippen LogP contribution is 2.27. The molecule has 2 rings (SSSR count).